The monoisotopic (exact) mass is 516 g/mol. The second-order valence-corrected chi connectivity index (χ2v) is 9.71. The zero-order valence-electron chi connectivity index (χ0n) is 20.1. The van der Waals surface area contributed by atoms with E-state index in [9.17, 15) is 18.3 Å². The van der Waals surface area contributed by atoms with Crippen LogP contribution in [0, 0.1) is 34.7 Å². The highest BCUT2D eigenvalue weighted by Crippen LogP contribution is 2.37. The smallest absolute Gasteiger partial charge is 0.174 e. The van der Waals surface area contributed by atoms with E-state index in [1.54, 1.807) is 13.3 Å². The van der Waals surface area contributed by atoms with Crippen molar-refractivity contribution in [2.24, 2.45) is 5.41 Å². The highest BCUT2D eigenvalue weighted by atomic mass is 35.5. The van der Waals surface area contributed by atoms with Gasteiger partial charge in [0.05, 0.1) is 29.8 Å². The van der Waals surface area contributed by atoms with Crippen molar-refractivity contribution in [3.63, 3.8) is 0 Å². The molecule has 1 aliphatic rings. The third-order valence-corrected chi connectivity index (χ3v) is 7.36. The number of halogens is 4. The van der Waals surface area contributed by atoms with Crippen LogP contribution in [-0.2, 0) is 6.42 Å². The molecule has 4 rings (SSSR count). The topological polar surface area (TPSA) is 45.6 Å². The predicted octanol–water partition coefficient (Wildman–Crippen LogP) is 5.76. The molecular formula is C28H28ClF3N2O2. The van der Waals surface area contributed by atoms with Crippen LogP contribution in [-0.4, -0.2) is 48.3 Å². The van der Waals surface area contributed by atoms with Crippen LogP contribution in [0.1, 0.15) is 36.8 Å². The molecular weight excluding hydrogens is 489 g/mol. The Balaban J connectivity index is 1.35. The zero-order chi connectivity index (χ0) is 25.7. The van der Waals surface area contributed by atoms with E-state index < -0.39 is 17.5 Å². The SMILES string of the molecule is COc1ccc2ncc(Cl)c(CCCC3(CO)CCN(CC#Cc4cc(F)cc(F)c4F)CC3)c2c1. The number of benzene rings is 2. The number of aryl methyl sites for hydroxylation is 1. The van der Waals surface area contributed by atoms with Crippen molar-refractivity contribution in [2.45, 2.75) is 32.1 Å². The molecule has 1 aromatic heterocycles. The molecule has 190 valence electrons. The zero-order valence-corrected chi connectivity index (χ0v) is 20.8. The van der Waals surface area contributed by atoms with Gasteiger partial charge in [0.25, 0.3) is 0 Å². The van der Waals surface area contributed by atoms with Crippen LogP contribution in [0.2, 0.25) is 5.02 Å². The normalized spacial score (nSPS) is 15.5. The van der Waals surface area contributed by atoms with Crippen LogP contribution in [0.4, 0.5) is 13.2 Å². The van der Waals surface area contributed by atoms with Gasteiger partial charge in [-0.15, -0.1) is 0 Å². The fourth-order valence-corrected chi connectivity index (χ4v) is 5.03. The lowest BCUT2D eigenvalue weighted by molar-refractivity contribution is 0.0401. The summed E-state index contributed by atoms with van der Waals surface area (Å²) >= 11 is 6.49. The van der Waals surface area contributed by atoms with E-state index in [1.165, 1.54) is 0 Å². The maximum Gasteiger partial charge on any atom is 0.174 e. The summed E-state index contributed by atoms with van der Waals surface area (Å²) in [6.07, 6.45) is 5.75. The van der Waals surface area contributed by atoms with Crippen molar-refractivity contribution in [3.05, 3.63) is 70.1 Å². The summed E-state index contributed by atoms with van der Waals surface area (Å²) < 4.78 is 45.8. The Kier molecular flexibility index (Phi) is 8.40. The summed E-state index contributed by atoms with van der Waals surface area (Å²) in [7, 11) is 1.63. The summed E-state index contributed by atoms with van der Waals surface area (Å²) in [5.41, 5.74) is 1.42. The first-order valence-corrected chi connectivity index (χ1v) is 12.3. The molecule has 0 spiro atoms. The average Bonchev–Trinajstić information content (AvgIpc) is 2.88. The molecule has 1 fully saturated rings. The molecule has 2 heterocycles. The fourth-order valence-electron chi connectivity index (χ4n) is 4.79. The predicted molar refractivity (Wildman–Crippen MR) is 135 cm³/mol. The highest BCUT2D eigenvalue weighted by molar-refractivity contribution is 6.32. The van der Waals surface area contributed by atoms with Crippen LogP contribution in [0.25, 0.3) is 10.9 Å². The first-order valence-electron chi connectivity index (χ1n) is 11.9. The number of piperidine rings is 1. The number of aliphatic hydroxyl groups is 1. The van der Waals surface area contributed by atoms with Gasteiger partial charge in [0, 0.05) is 24.3 Å². The summed E-state index contributed by atoms with van der Waals surface area (Å²) in [5.74, 6) is 2.86. The summed E-state index contributed by atoms with van der Waals surface area (Å²) in [6, 6.07) is 7.14. The Labute approximate surface area is 214 Å². The van der Waals surface area contributed by atoms with Crippen molar-refractivity contribution < 1.29 is 23.0 Å². The Morgan fingerprint density at radius 2 is 1.94 bits per heavy atom. The number of aromatic nitrogens is 1. The number of hydrogen-bond donors (Lipinski definition) is 1. The maximum absolute atomic E-state index is 13.8. The Bertz CT molecular complexity index is 1300. The minimum Gasteiger partial charge on any atom is -0.497 e. The van der Waals surface area contributed by atoms with Crippen molar-refractivity contribution >= 4 is 22.5 Å². The van der Waals surface area contributed by atoms with Crippen LogP contribution in [0.3, 0.4) is 0 Å². The van der Waals surface area contributed by atoms with Gasteiger partial charge >= 0.3 is 0 Å². The van der Waals surface area contributed by atoms with Gasteiger partial charge in [0.2, 0.25) is 0 Å². The van der Waals surface area contributed by atoms with Crippen LogP contribution in [0.5, 0.6) is 5.75 Å². The van der Waals surface area contributed by atoms with E-state index in [2.05, 4.69) is 21.7 Å². The summed E-state index contributed by atoms with van der Waals surface area (Å²) in [5, 5.41) is 11.8. The van der Waals surface area contributed by atoms with Gasteiger partial charge in [-0.2, -0.15) is 0 Å². The van der Waals surface area contributed by atoms with Gasteiger partial charge < -0.3 is 9.84 Å². The van der Waals surface area contributed by atoms with Crippen molar-refractivity contribution in [3.8, 4) is 17.6 Å². The Morgan fingerprint density at radius 3 is 2.67 bits per heavy atom. The van der Waals surface area contributed by atoms with Gasteiger partial charge in [0.15, 0.2) is 11.6 Å². The summed E-state index contributed by atoms with van der Waals surface area (Å²) in [6.45, 7) is 1.91. The highest BCUT2D eigenvalue weighted by Gasteiger charge is 2.33. The maximum atomic E-state index is 13.8. The second-order valence-electron chi connectivity index (χ2n) is 9.31. The molecule has 36 heavy (non-hydrogen) atoms. The van der Waals surface area contributed by atoms with E-state index in [4.69, 9.17) is 16.3 Å². The molecule has 2 aromatic carbocycles. The molecule has 0 saturated carbocycles. The first-order chi connectivity index (χ1) is 17.3. The van der Waals surface area contributed by atoms with Gasteiger partial charge in [-0.05, 0) is 80.4 Å². The Morgan fingerprint density at radius 1 is 1.17 bits per heavy atom. The second kappa shape index (κ2) is 11.5. The molecule has 0 bridgehead atoms. The van der Waals surface area contributed by atoms with E-state index in [1.807, 2.05) is 18.2 Å². The quantitative estimate of drug-likeness (QED) is 0.320. The van der Waals surface area contributed by atoms with Gasteiger partial charge in [0.1, 0.15) is 11.6 Å². The number of pyridine rings is 1. The molecule has 1 saturated heterocycles. The number of aliphatic hydroxyl groups excluding tert-OH is 1. The molecule has 1 aliphatic heterocycles. The standard InChI is InChI=1S/C28H28ClF3N2O2/c1-36-21-6-7-26-23(16-21)22(24(29)17-33-26)5-2-8-28(18-35)9-12-34(13-10-28)11-3-4-19-14-20(30)15-25(31)27(19)32/h6-7,14-17,35H,2,5,8-13,18H2,1H3. The molecule has 4 nitrogen and oxygen atoms in total. The lowest BCUT2D eigenvalue weighted by atomic mass is 9.75. The molecule has 0 aliphatic carbocycles. The van der Waals surface area contributed by atoms with Crippen molar-refractivity contribution in [1.29, 1.82) is 0 Å². The number of rotatable bonds is 7. The number of nitrogens with zero attached hydrogens (tertiary/aromatic N) is 2. The van der Waals surface area contributed by atoms with Gasteiger partial charge in [-0.1, -0.05) is 23.4 Å². The molecule has 0 radical (unpaired) electrons. The fraction of sp³-hybridized carbons (Fsp3) is 0.393. The average molecular weight is 517 g/mol. The van der Waals surface area contributed by atoms with E-state index in [0.717, 1.165) is 73.5 Å². The van der Waals surface area contributed by atoms with Gasteiger partial charge in [-0.25, -0.2) is 13.2 Å². The van der Waals surface area contributed by atoms with Crippen LogP contribution < -0.4 is 4.74 Å². The minimum atomic E-state index is -1.25. The lowest BCUT2D eigenvalue weighted by Gasteiger charge is -2.40. The Hall–Kier alpha value is -2.79. The molecule has 1 N–H and O–H groups in total. The lowest BCUT2D eigenvalue weighted by Crippen LogP contribution is -2.42. The number of ether oxygens (including phenoxy) is 1. The van der Waals surface area contributed by atoms with E-state index in [0.29, 0.717) is 17.6 Å². The van der Waals surface area contributed by atoms with Gasteiger partial charge in [-0.3, -0.25) is 9.88 Å². The molecule has 0 unspecified atom stereocenters. The largest absolute Gasteiger partial charge is 0.497 e. The number of fused-ring (bicyclic) bond motifs is 1. The first kappa shape index (κ1) is 26.3. The molecule has 0 amide bonds. The minimum absolute atomic E-state index is 0.0962. The van der Waals surface area contributed by atoms with E-state index in [-0.39, 0.29) is 17.6 Å². The summed E-state index contributed by atoms with van der Waals surface area (Å²) in [4.78, 5) is 6.51. The van der Waals surface area contributed by atoms with Crippen LogP contribution >= 0.6 is 11.6 Å². The van der Waals surface area contributed by atoms with Crippen LogP contribution in [0.15, 0.2) is 36.5 Å². The number of hydrogen-bond acceptors (Lipinski definition) is 4. The molecule has 0 atom stereocenters. The van der Waals surface area contributed by atoms with Crippen molar-refractivity contribution in [2.75, 3.05) is 33.4 Å². The van der Waals surface area contributed by atoms with E-state index >= 15 is 0 Å². The number of likely N-dealkylation sites (tertiary alicyclic amines) is 1. The third-order valence-electron chi connectivity index (χ3n) is 7.04. The number of methoxy groups -OCH3 is 1. The third kappa shape index (κ3) is 5.95. The molecule has 8 heteroatoms. The van der Waals surface area contributed by atoms with Crippen molar-refractivity contribution in [1.82, 2.24) is 9.88 Å². The molecule has 3 aromatic rings.